The van der Waals surface area contributed by atoms with E-state index in [9.17, 15) is 14.7 Å². The fourth-order valence-corrected chi connectivity index (χ4v) is 2.62. The molecule has 0 aliphatic rings. The lowest BCUT2D eigenvalue weighted by Gasteiger charge is -2.17. The maximum absolute atomic E-state index is 12.9. The van der Waals surface area contributed by atoms with E-state index >= 15 is 0 Å². The summed E-state index contributed by atoms with van der Waals surface area (Å²) in [6.45, 7) is 6.21. The Hall–Kier alpha value is -2.50. The first-order chi connectivity index (χ1) is 12.0. The normalized spacial score (nSPS) is 10.8. The number of carbonyl (C=O) groups excluding carboxylic acids is 1. The lowest BCUT2D eigenvalue weighted by Crippen LogP contribution is -2.25. The number of ether oxygens (including phenoxy) is 2. The van der Waals surface area contributed by atoms with Crippen molar-refractivity contribution in [2.45, 2.75) is 53.0 Å². The van der Waals surface area contributed by atoms with Crippen LogP contribution in [0, 0.1) is 0 Å². The number of esters is 1. The molecule has 0 bridgehead atoms. The standard InChI is InChI=1S/C19H25NO5/c1-4-6-10-20-16-12-14(22)8-9-15(16)17(24-11-7-5-2)18(19(20)23)25-13(3)21/h8-9,12,22H,4-7,10-11H2,1-3H3. The van der Waals surface area contributed by atoms with E-state index in [1.165, 1.54) is 23.6 Å². The van der Waals surface area contributed by atoms with Crippen molar-refractivity contribution in [1.82, 2.24) is 4.57 Å². The summed E-state index contributed by atoms with van der Waals surface area (Å²) < 4.78 is 12.5. The lowest BCUT2D eigenvalue weighted by molar-refractivity contribution is -0.132. The van der Waals surface area contributed by atoms with Gasteiger partial charge in [-0.2, -0.15) is 0 Å². The molecule has 25 heavy (non-hydrogen) atoms. The number of phenols is 1. The number of fused-ring (bicyclic) bond motifs is 1. The highest BCUT2D eigenvalue weighted by Crippen LogP contribution is 2.35. The van der Waals surface area contributed by atoms with Gasteiger partial charge in [0.25, 0.3) is 5.56 Å². The minimum atomic E-state index is -0.572. The number of aromatic hydroxyl groups is 1. The molecular weight excluding hydrogens is 322 g/mol. The van der Waals surface area contributed by atoms with Crippen LogP contribution in [0.2, 0.25) is 0 Å². The van der Waals surface area contributed by atoms with Crippen LogP contribution in [0.3, 0.4) is 0 Å². The van der Waals surface area contributed by atoms with Crippen molar-refractivity contribution in [3.8, 4) is 17.2 Å². The van der Waals surface area contributed by atoms with E-state index in [2.05, 4.69) is 0 Å². The number of nitrogens with zero attached hydrogens (tertiary/aromatic N) is 1. The number of rotatable bonds is 8. The summed E-state index contributed by atoms with van der Waals surface area (Å²) in [5, 5.41) is 10.5. The van der Waals surface area contributed by atoms with Crippen molar-refractivity contribution in [1.29, 1.82) is 0 Å². The number of carbonyl (C=O) groups is 1. The quantitative estimate of drug-likeness (QED) is 0.583. The number of hydrogen-bond donors (Lipinski definition) is 1. The van der Waals surface area contributed by atoms with Crippen LogP contribution in [0.4, 0.5) is 0 Å². The Labute approximate surface area is 147 Å². The van der Waals surface area contributed by atoms with Gasteiger partial charge in [0.05, 0.1) is 12.1 Å². The Morgan fingerprint density at radius 2 is 1.88 bits per heavy atom. The van der Waals surface area contributed by atoms with Gasteiger partial charge in [-0.1, -0.05) is 26.7 Å². The summed E-state index contributed by atoms with van der Waals surface area (Å²) >= 11 is 0. The van der Waals surface area contributed by atoms with E-state index in [4.69, 9.17) is 9.47 Å². The molecule has 0 amide bonds. The Bertz CT molecular complexity index is 810. The van der Waals surface area contributed by atoms with E-state index in [1.54, 1.807) is 6.07 Å². The molecule has 136 valence electrons. The minimum absolute atomic E-state index is 0.0666. The van der Waals surface area contributed by atoms with Crippen LogP contribution >= 0.6 is 0 Å². The zero-order valence-corrected chi connectivity index (χ0v) is 15.0. The second-order valence-corrected chi connectivity index (χ2v) is 5.97. The highest BCUT2D eigenvalue weighted by Gasteiger charge is 2.21. The van der Waals surface area contributed by atoms with Gasteiger partial charge in [-0.25, -0.2) is 0 Å². The predicted octanol–water partition coefficient (Wildman–Crippen LogP) is 3.61. The van der Waals surface area contributed by atoms with Crippen LogP contribution in [0.1, 0.15) is 46.5 Å². The molecule has 6 heteroatoms. The molecule has 0 fully saturated rings. The molecule has 6 nitrogen and oxygen atoms in total. The van der Waals surface area contributed by atoms with E-state index in [0.29, 0.717) is 24.1 Å². The van der Waals surface area contributed by atoms with Gasteiger partial charge < -0.3 is 19.1 Å². The summed E-state index contributed by atoms with van der Waals surface area (Å²) in [6, 6.07) is 4.75. The SMILES string of the molecule is CCCCOc1c(OC(C)=O)c(=O)n(CCCC)c2cc(O)ccc12. The molecule has 1 heterocycles. The number of aromatic nitrogens is 1. The van der Waals surface area contributed by atoms with E-state index in [0.717, 1.165) is 25.7 Å². The van der Waals surface area contributed by atoms with E-state index in [-0.39, 0.29) is 17.2 Å². The van der Waals surface area contributed by atoms with Crippen LogP contribution in [0.5, 0.6) is 17.2 Å². The van der Waals surface area contributed by atoms with E-state index < -0.39 is 11.5 Å². The minimum Gasteiger partial charge on any atom is -0.508 e. The molecular formula is C19H25NO5. The van der Waals surface area contributed by atoms with Crippen molar-refractivity contribution < 1.29 is 19.4 Å². The number of hydrogen-bond acceptors (Lipinski definition) is 5. The Kier molecular flexibility index (Phi) is 6.44. The molecule has 1 aromatic heterocycles. The number of unbranched alkanes of at least 4 members (excludes halogenated alkanes) is 2. The molecule has 0 aliphatic carbocycles. The summed E-state index contributed by atoms with van der Waals surface area (Å²) in [5.74, 6) is -0.330. The van der Waals surface area contributed by atoms with Crippen molar-refractivity contribution in [2.75, 3.05) is 6.61 Å². The van der Waals surface area contributed by atoms with Crippen LogP contribution < -0.4 is 15.0 Å². The van der Waals surface area contributed by atoms with Gasteiger partial charge in [-0.05, 0) is 25.0 Å². The first kappa shape index (κ1) is 18.8. The van der Waals surface area contributed by atoms with Gasteiger partial charge in [-0.15, -0.1) is 0 Å². The van der Waals surface area contributed by atoms with E-state index in [1.807, 2.05) is 13.8 Å². The Morgan fingerprint density at radius 3 is 2.52 bits per heavy atom. The summed E-state index contributed by atoms with van der Waals surface area (Å²) in [5.41, 5.74) is 0.147. The van der Waals surface area contributed by atoms with Gasteiger partial charge in [0, 0.05) is 24.9 Å². The molecule has 0 radical (unpaired) electrons. The summed E-state index contributed by atoms with van der Waals surface area (Å²) in [4.78, 5) is 24.4. The smallest absolute Gasteiger partial charge is 0.308 e. The van der Waals surface area contributed by atoms with Gasteiger partial charge in [-0.3, -0.25) is 9.59 Å². The third-order valence-electron chi connectivity index (χ3n) is 3.89. The van der Waals surface area contributed by atoms with Gasteiger partial charge >= 0.3 is 5.97 Å². The summed E-state index contributed by atoms with van der Waals surface area (Å²) in [7, 11) is 0. The number of pyridine rings is 1. The lowest BCUT2D eigenvalue weighted by atomic mass is 10.1. The first-order valence-electron chi connectivity index (χ1n) is 8.70. The molecule has 0 spiro atoms. The van der Waals surface area contributed by atoms with Crippen LogP contribution in [-0.4, -0.2) is 22.2 Å². The fraction of sp³-hybridized carbons (Fsp3) is 0.474. The molecule has 1 aromatic carbocycles. The number of phenolic OH excluding ortho intramolecular Hbond substituents is 1. The van der Waals surface area contributed by atoms with Crippen LogP contribution in [0.25, 0.3) is 10.9 Å². The highest BCUT2D eigenvalue weighted by atomic mass is 16.6. The first-order valence-corrected chi connectivity index (χ1v) is 8.70. The topological polar surface area (TPSA) is 77.8 Å². The second-order valence-electron chi connectivity index (χ2n) is 5.97. The maximum atomic E-state index is 12.9. The Balaban J connectivity index is 2.72. The van der Waals surface area contributed by atoms with Crippen LogP contribution in [0.15, 0.2) is 23.0 Å². The molecule has 0 aliphatic heterocycles. The van der Waals surface area contributed by atoms with Gasteiger partial charge in [0.2, 0.25) is 5.75 Å². The average Bonchev–Trinajstić information content (AvgIpc) is 2.57. The summed E-state index contributed by atoms with van der Waals surface area (Å²) in [6.07, 6.45) is 3.46. The zero-order valence-electron chi connectivity index (χ0n) is 15.0. The zero-order chi connectivity index (χ0) is 18.4. The fourth-order valence-electron chi connectivity index (χ4n) is 2.62. The largest absolute Gasteiger partial charge is 0.508 e. The van der Waals surface area contributed by atoms with Gasteiger partial charge in [0.15, 0.2) is 5.75 Å². The molecule has 0 saturated carbocycles. The molecule has 0 atom stereocenters. The predicted molar refractivity (Wildman–Crippen MR) is 96.5 cm³/mol. The molecule has 1 N–H and O–H groups in total. The third-order valence-corrected chi connectivity index (χ3v) is 3.89. The molecule has 2 aromatic rings. The van der Waals surface area contributed by atoms with Crippen molar-refractivity contribution in [2.24, 2.45) is 0 Å². The molecule has 0 unspecified atom stereocenters. The van der Waals surface area contributed by atoms with Crippen molar-refractivity contribution >= 4 is 16.9 Å². The molecule has 0 saturated heterocycles. The molecule has 2 rings (SSSR count). The number of aryl methyl sites for hydroxylation is 1. The Morgan fingerprint density at radius 1 is 1.16 bits per heavy atom. The monoisotopic (exact) mass is 347 g/mol. The highest BCUT2D eigenvalue weighted by molar-refractivity contribution is 5.89. The third kappa shape index (κ3) is 4.32. The number of benzene rings is 1. The van der Waals surface area contributed by atoms with Crippen molar-refractivity contribution in [3.05, 3.63) is 28.6 Å². The van der Waals surface area contributed by atoms with Crippen LogP contribution in [-0.2, 0) is 11.3 Å². The second kappa shape index (κ2) is 8.55. The van der Waals surface area contributed by atoms with Crippen molar-refractivity contribution in [3.63, 3.8) is 0 Å². The maximum Gasteiger partial charge on any atom is 0.308 e. The van der Waals surface area contributed by atoms with Gasteiger partial charge in [0.1, 0.15) is 5.75 Å². The average molecular weight is 347 g/mol.